The van der Waals surface area contributed by atoms with E-state index in [-0.39, 0.29) is 24.1 Å². The maximum absolute atomic E-state index is 11.5. The maximum Gasteiger partial charge on any atom is 0.261 e. The van der Waals surface area contributed by atoms with E-state index in [0.29, 0.717) is 11.3 Å². The van der Waals surface area contributed by atoms with Crippen molar-refractivity contribution >= 4 is 17.9 Å². The van der Waals surface area contributed by atoms with Gasteiger partial charge < -0.3 is 15.4 Å². The molecule has 1 aromatic rings. The normalized spacial score (nSPS) is 10.8. The number of nitrogens with zero attached hydrogens (tertiary/aromatic N) is 1. The van der Waals surface area contributed by atoms with Gasteiger partial charge in [0.2, 0.25) is 0 Å². The van der Waals surface area contributed by atoms with Gasteiger partial charge in [-0.1, -0.05) is 12.1 Å². The minimum absolute atomic E-state index is 0.0208. The zero-order valence-electron chi connectivity index (χ0n) is 12.8. The maximum atomic E-state index is 11.5. The summed E-state index contributed by atoms with van der Waals surface area (Å²) >= 11 is 0. The predicted octanol–water partition coefficient (Wildman–Crippen LogP) is 1.24. The third-order valence-corrected chi connectivity index (χ3v) is 2.60. The summed E-state index contributed by atoms with van der Waals surface area (Å²) < 4.78 is 5.35. The molecule has 0 saturated carbocycles. The largest absolute Gasteiger partial charge is 0.484 e. The molecule has 6 nitrogen and oxygen atoms in total. The molecule has 22 heavy (non-hydrogen) atoms. The second-order valence-corrected chi connectivity index (χ2v) is 4.83. The molecular formula is C16H19N3O3. The van der Waals surface area contributed by atoms with Crippen LogP contribution in [0, 0.1) is 11.3 Å². The number of carbonyl (C=O) groups excluding carboxylic acids is 2. The van der Waals surface area contributed by atoms with E-state index in [4.69, 9.17) is 10.00 Å². The van der Waals surface area contributed by atoms with Crippen molar-refractivity contribution < 1.29 is 14.3 Å². The van der Waals surface area contributed by atoms with E-state index in [9.17, 15) is 9.59 Å². The Bertz CT molecular complexity index is 598. The Hall–Kier alpha value is -2.81. The summed E-state index contributed by atoms with van der Waals surface area (Å²) in [6.45, 7) is 3.69. The van der Waals surface area contributed by atoms with E-state index in [1.807, 2.05) is 19.9 Å². The lowest BCUT2D eigenvalue weighted by Crippen LogP contribution is -2.34. The summed E-state index contributed by atoms with van der Waals surface area (Å²) in [5.41, 5.74) is 0.714. The van der Waals surface area contributed by atoms with Gasteiger partial charge in [0, 0.05) is 13.1 Å². The molecule has 2 N–H and O–H groups in total. The van der Waals surface area contributed by atoms with Crippen molar-refractivity contribution in [1.82, 2.24) is 10.6 Å². The topological polar surface area (TPSA) is 91.2 Å². The van der Waals surface area contributed by atoms with Crippen LogP contribution in [0.2, 0.25) is 0 Å². The van der Waals surface area contributed by atoms with Crippen molar-refractivity contribution in [3.8, 4) is 11.8 Å². The minimum atomic E-state index is -0.437. The van der Waals surface area contributed by atoms with Crippen LogP contribution in [0.1, 0.15) is 19.4 Å². The zero-order valence-corrected chi connectivity index (χ0v) is 12.8. The van der Waals surface area contributed by atoms with Gasteiger partial charge in [-0.15, -0.1) is 0 Å². The molecule has 0 atom stereocenters. The molecule has 0 heterocycles. The summed E-state index contributed by atoms with van der Waals surface area (Å²) in [5, 5.41) is 14.0. The number of likely N-dealkylation sites (N-methyl/N-ethyl adjacent to an activating group) is 1. The fraction of sp³-hybridized carbons (Fsp3) is 0.312. The van der Waals surface area contributed by atoms with E-state index < -0.39 is 5.91 Å². The first-order chi connectivity index (χ1) is 10.5. The van der Waals surface area contributed by atoms with Crippen LogP contribution in [0.5, 0.6) is 5.75 Å². The molecule has 0 aromatic heterocycles. The quantitative estimate of drug-likeness (QED) is 0.611. The molecule has 0 spiro atoms. The number of benzene rings is 1. The highest BCUT2D eigenvalue weighted by molar-refractivity contribution is 6.01. The van der Waals surface area contributed by atoms with E-state index >= 15 is 0 Å². The monoisotopic (exact) mass is 301 g/mol. The number of nitrogens with one attached hydrogen (secondary N) is 2. The fourth-order valence-electron chi connectivity index (χ4n) is 1.62. The van der Waals surface area contributed by atoms with Crippen LogP contribution < -0.4 is 15.4 Å². The van der Waals surface area contributed by atoms with Crippen molar-refractivity contribution in [1.29, 1.82) is 5.26 Å². The van der Waals surface area contributed by atoms with E-state index in [1.54, 1.807) is 24.3 Å². The van der Waals surface area contributed by atoms with Gasteiger partial charge in [0.05, 0.1) is 0 Å². The summed E-state index contributed by atoms with van der Waals surface area (Å²) in [6.07, 6.45) is 1.48. The number of ether oxygens (including phenoxy) is 1. The fourth-order valence-corrected chi connectivity index (χ4v) is 1.62. The third kappa shape index (κ3) is 5.67. The van der Waals surface area contributed by atoms with E-state index in [2.05, 4.69) is 10.6 Å². The first kappa shape index (κ1) is 17.2. The smallest absolute Gasteiger partial charge is 0.261 e. The van der Waals surface area contributed by atoms with Gasteiger partial charge in [-0.3, -0.25) is 9.59 Å². The van der Waals surface area contributed by atoms with E-state index in [1.165, 1.54) is 13.1 Å². The summed E-state index contributed by atoms with van der Waals surface area (Å²) in [4.78, 5) is 22.9. The van der Waals surface area contributed by atoms with Crippen molar-refractivity contribution in [2.75, 3.05) is 13.7 Å². The number of hydrogen-bond acceptors (Lipinski definition) is 4. The van der Waals surface area contributed by atoms with E-state index in [0.717, 1.165) is 0 Å². The van der Waals surface area contributed by atoms with Crippen LogP contribution in [0.3, 0.4) is 0 Å². The highest BCUT2D eigenvalue weighted by Crippen LogP contribution is 2.14. The number of nitriles is 1. The first-order valence-electron chi connectivity index (χ1n) is 6.82. The first-order valence-corrected chi connectivity index (χ1v) is 6.82. The number of hydrogen-bond donors (Lipinski definition) is 2. The Morgan fingerprint density at radius 3 is 2.45 bits per heavy atom. The Morgan fingerprint density at radius 1 is 1.32 bits per heavy atom. The molecule has 0 aliphatic rings. The van der Waals surface area contributed by atoms with Crippen LogP contribution in [-0.2, 0) is 9.59 Å². The van der Waals surface area contributed by atoms with Gasteiger partial charge >= 0.3 is 0 Å². The Balaban J connectivity index is 2.67. The van der Waals surface area contributed by atoms with Gasteiger partial charge in [0.1, 0.15) is 17.4 Å². The van der Waals surface area contributed by atoms with Crippen molar-refractivity contribution in [3.05, 3.63) is 35.4 Å². The Morgan fingerprint density at radius 2 is 1.95 bits per heavy atom. The summed E-state index contributed by atoms with van der Waals surface area (Å²) in [6, 6.07) is 8.66. The SMILES string of the molecule is CNC(=O)/C(C#N)=C/c1ccc(OCC(=O)NC(C)C)cc1. The molecule has 0 unspecified atom stereocenters. The lowest BCUT2D eigenvalue weighted by molar-refractivity contribution is -0.123. The lowest BCUT2D eigenvalue weighted by atomic mass is 10.1. The van der Waals surface area contributed by atoms with Gasteiger partial charge in [-0.2, -0.15) is 5.26 Å². The third-order valence-electron chi connectivity index (χ3n) is 2.60. The van der Waals surface area contributed by atoms with Crippen LogP contribution in [-0.4, -0.2) is 31.5 Å². The summed E-state index contributed by atoms with van der Waals surface area (Å²) in [5.74, 6) is -0.0898. The molecule has 0 radical (unpaired) electrons. The average Bonchev–Trinajstić information content (AvgIpc) is 2.50. The zero-order chi connectivity index (χ0) is 16.5. The van der Waals surface area contributed by atoms with Crippen molar-refractivity contribution in [2.24, 2.45) is 0 Å². The van der Waals surface area contributed by atoms with Gasteiger partial charge in [-0.25, -0.2) is 0 Å². The second kappa shape index (κ2) is 8.47. The molecule has 0 aliphatic carbocycles. The molecule has 0 fully saturated rings. The molecule has 1 aromatic carbocycles. The molecule has 0 saturated heterocycles. The van der Waals surface area contributed by atoms with Crippen molar-refractivity contribution in [2.45, 2.75) is 19.9 Å². The van der Waals surface area contributed by atoms with Crippen molar-refractivity contribution in [3.63, 3.8) is 0 Å². The van der Waals surface area contributed by atoms with Gasteiger partial charge in [-0.05, 0) is 37.6 Å². The number of rotatable bonds is 6. The standard InChI is InChI=1S/C16H19N3O3/c1-11(2)19-15(20)10-22-14-6-4-12(5-7-14)8-13(9-17)16(21)18-3/h4-8,11H,10H2,1-3H3,(H,18,21)(H,19,20)/b13-8+. The van der Waals surface area contributed by atoms with Crippen LogP contribution >= 0.6 is 0 Å². The molecule has 116 valence electrons. The Kier molecular flexibility index (Phi) is 6.64. The van der Waals surface area contributed by atoms with Crippen LogP contribution in [0.15, 0.2) is 29.8 Å². The highest BCUT2D eigenvalue weighted by atomic mass is 16.5. The molecule has 2 amide bonds. The highest BCUT2D eigenvalue weighted by Gasteiger charge is 2.07. The van der Waals surface area contributed by atoms with Gasteiger partial charge in [0.15, 0.2) is 6.61 Å². The number of amides is 2. The molecule has 6 heteroatoms. The molecule has 1 rings (SSSR count). The lowest BCUT2D eigenvalue weighted by Gasteiger charge is -2.09. The minimum Gasteiger partial charge on any atom is -0.484 e. The van der Waals surface area contributed by atoms with Crippen LogP contribution in [0.4, 0.5) is 0 Å². The predicted molar refractivity (Wildman–Crippen MR) is 82.9 cm³/mol. The number of carbonyl (C=O) groups is 2. The molecule has 0 bridgehead atoms. The molecular weight excluding hydrogens is 282 g/mol. The van der Waals surface area contributed by atoms with Crippen LogP contribution in [0.25, 0.3) is 6.08 Å². The Labute approximate surface area is 129 Å². The summed E-state index contributed by atoms with van der Waals surface area (Å²) in [7, 11) is 1.46. The molecule has 0 aliphatic heterocycles. The average molecular weight is 301 g/mol. The van der Waals surface area contributed by atoms with Gasteiger partial charge in [0.25, 0.3) is 11.8 Å². The second-order valence-electron chi connectivity index (χ2n) is 4.83.